The first-order valence-corrected chi connectivity index (χ1v) is 6.43. The highest BCUT2D eigenvalue weighted by atomic mass is 79.9. The molecule has 1 aliphatic heterocycles. The maximum atomic E-state index is 11.9. The molecule has 1 aliphatic rings. The van der Waals surface area contributed by atoms with Gasteiger partial charge in [-0.2, -0.15) is 0 Å². The molecule has 92 valence electrons. The van der Waals surface area contributed by atoms with Crippen LogP contribution in [0.3, 0.4) is 0 Å². The fraction of sp³-hybridized carbons (Fsp3) is 0.417. The Morgan fingerprint density at radius 3 is 2.94 bits per heavy atom. The third-order valence-electron chi connectivity index (χ3n) is 2.74. The minimum absolute atomic E-state index is 0.0821. The highest BCUT2D eigenvalue weighted by Gasteiger charge is 2.21. The van der Waals surface area contributed by atoms with Gasteiger partial charge in [0.15, 0.2) is 0 Å². The summed E-state index contributed by atoms with van der Waals surface area (Å²) >= 11 is 3.32. The van der Waals surface area contributed by atoms with Gasteiger partial charge in [-0.1, -0.05) is 0 Å². The number of benzene rings is 1. The number of carbonyl (C=O) groups excluding carboxylic acids is 1. The fourth-order valence-corrected chi connectivity index (χ4v) is 2.15. The molecule has 1 aromatic carbocycles. The van der Waals surface area contributed by atoms with E-state index in [-0.39, 0.29) is 12.0 Å². The van der Waals surface area contributed by atoms with Crippen LogP contribution in [0.25, 0.3) is 0 Å². The SMILES string of the molecule is Nc1ccc(NC(=O)C2CCCCO2)cc1Br. The average Bonchev–Trinajstić information content (AvgIpc) is 2.35. The Kier molecular flexibility index (Phi) is 4.02. The zero-order valence-electron chi connectivity index (χ0n) is 9.41. The van der Waals surface area contributed by atoms with E-state index in [1.165, 1.54) is 0 Å². The van der Waals surface area contributed by atoms with E-state index >= 15 is 0 Å². The molecular weight excluding hydrogens is 284 g/mol. The second kappa shape index (κ2) is 5.51. The summed E-state index contributed by atoms with van der Waals surface area (Å²) in [5.74, 6) is -0.0821. The summed E-state index contributed by atoms with van der Waals surface area (Å²) in [5.41, 5.74) is 7.06. The zero-order chi connectivity index (χ0) is 12.3. The van der Waals surface area contributed by atoms with Gasteiger partial charge < -0.3 is 15.8 Å². The third kappa shape index (κ3) is 3.20. The highest BCUT2D eigenvalue weighted by Crippen LogP contribution is 2.24. The summed E-state index contributed by atoms with van der Waals surface area (Å²) in [5, 5.41) is 2.83. The molecule has 1 aromatic rings. The fourth-order valence-electron chi connectivity index (χ4n) is 1.78. The van der Waals surface area contributed by atoms with E-state index in [9.17, 15) is 4.79 Å². The lowest BCUT2D eigenvalue weighted by atomic mass is 10.1. The van der Waals surface area contributed by atoms with Crippen LogP contribution in [0.15, 0.2) is 22.7 Å². The maximum absolute atomic E-state index is 11.9. The van der Waals surface area contributed by atoms with Crippen molar-refractivity contribution in [3.05, 3.63) is 22.7 Å². The minimum atomic E-state index is -0.319. The third-order valence-corrected chi connectivity index (χ3v) is 3.43. The van der Waals surface area contributed by atoms with Crippen molar-refractivity contribution in [2.45, 2.75) is 25.4 Å². The van der Waals surface area contributed by atoms with Gasteiger partial charge in [0.05, 0.1) is 0 Å². The van der Waals surface area contributed by atoms with Crippen molar-refractivity contribution in [3.8, 4) is 0 Å². The van der Waals surface area contributed by atoms with Crippen molar-refractivity contribution >= 4 is 33.2 Å². The summed E-state index contributed by atoms with van der Waals surface area (Å²) in [6, 6.07) is 5.32. The minimum Gasteiger partial charge on any atom is -0.398 e. The van der Waals surface area contributed by atoms with Crippen molar-refractivity contribution in [2.24, 2.45) is 0 Å². The monoisotopic (exact) mass is 298 g/mol. The molecule has 5 heteroatoms. The van der Waals surface area contributed by atoms with Gasteiger partial charge in [0, 0.05) is 22.5 Å². The molecule has 1 amide bonds. The average molecular weight is 299 g/mol. The number of amides is 1. The summed E-state index contributed by atoms with van der Waals surface area (Å²) in [6.45, 7) is 0.670. The van der Waals surface area contributed by atoms with E-state index in [0.717, 1.165) is 29.4 Å². The Hall–Kier alpha value is -1.07. The molecule has 0 aliphatic carbocycles. The molecular formula is C12H15BrN2O2. The van der Waals surface area contributed by atoms with Gasteiger partial charge in [0.25, 0.3) is 5.91 Å². The standard InChI is InChI=1S/C12H15BrN2O2/c13-9-7-8(4-5-10(9)14)15-12(16)11-3-1-2-6-17-11/h4-5,7,11H,1-3,6,14H2,(H,15,16). The van der Waals surface area contributed by atoms with Gasteiger partial charge in [-0.3, -0.25) is 4.79 Å². The van der Waals surface area contributed by atoms with Gasteiger partial charge in [-0.15, -0.1) is 0 Å². The number of ether oxygens (including phenoxy) is 1. The number of nitrogens with two attached hydrogens (primary N) is 1. The van der Waals surface area contributed by atoms with Crippen LogP contribution in [0, 0.1) is 0 Å². The number of nitrogens with one attached hydrogen (secondary N) is 1. The first kappa shape index (κ1) is 12.4. The van der Waals surface area contributed by atoms with Gasteiger partial charge in [0.2, 0.25) is 0 Å². The summed E-state index contributed by atoms with van der Waals surface area (Å²) in [4.78, 5) is 11.9. The number of hydrogen-bond acceptors (Lipinski definition) is 3. The Bertz CT molecular complexity index is 417. The number of anilines is 2. The molecule has 0 aromatic heterocycles. The Balaban J connectivity index is 1.99. The molecule has 1 fully saturated rings. The van der Waals surface area contributed by atoms with Crippen LogP contribution in [-0.2, 0) is 9.53 Å². The maximum Gasteiger partial charge on any atom is 0.253 e. The molecule has 0 spiro atoms. The molecule has 1 saturated heterocycles. The first-order valence-electron chi connectivity index (χ1n) is 5.64. The van der Waals surface area contributed by atoms with Crippen molar-refractivity contribution in [3.63, 3.8) is 0 Å². The summed E-state index contributed by atoms with van der Waals surface area (Å²) in [7, 11) is 0. The molecule has 1 unspecified atom stereocenters. The lowest BCUT2D eigenvalue weighted by molar-refractivity contribution is -0.129. The van der Waals surface area contributed by atoms with E-state index in [2.05, 4.69) is 21.2 Å². The molecule has 4 nitrogen and oxygen atoms in total. The van der Waals surface area contributed by atoms with Crippen LogP contribution in [0.1, 0.15) is 19.3 Å². The van der Waals surface area contributed by atoms with E-state index in [4.69, 9.17) is 10.5 Å². The topological polar surface area (TPSA) is 64.3 Å². The summed E-state index contributed by atoms with van der Waals surface area (Å²) < 4.78 is 6.20. The van der Waals surface area contributed by atoms with Crippen LogP contribution in [0.2, 0.25) is 0 Å². The van der Waals surface area contributed by atoms with E-state index < -0.39 is 0 Å². The van der Waals surface area contributed by atoms with Gasteiger partial charge in [0.1, 0.15) is 6.10 Å². The predicted molar refractivity (Wildman–Crippen MR) is 70.8 cm³/mol. The Morgan fingerprint density at radius 1 is 1.47 bits per heavy atom. The van der Waals surface area contributed by atoms with Crippen LogP contribution in [0.4, 0.5) is 11.4 Å². The van der Waals surface area contributed by atoms with E-state index in [1.54, 1.807) is 18.2 Å². The highest BCUT2D eigenvalue weighted by molar-refractivity contribution is 9.10. The second-order valence-corrected chi connectivity index (χ2v) is 4.94. The Labute approximate surface area is 109 Å². The van der Waals surface area contributed by atoms with E-state index in [1.807, 2.05) is 0 Å². The molecule has 1 heterocycles. The number of hydrogen-bond donors (Lipinski definition) is 2. The molecule has 0 bridgehead atoms. The van der Waals surface area contributed by atoms with Gasteiger partial charge in [-0.25, -0.2) is 0 Å². The van der Waals surface area contributed by atoms with Crippen molar-refractivity contribution in [1.29, 1.82) is 0 Å². The molecule has 17 heavy (non-hydrogen) atoms. The van der Waals surface area contributed by atoms with Crippen molar-refractivity contribution in [1.82, 2.24) is 0 Å². The number of nitrogen functional groups attached to an aromatic ring is 1. The second-order valence-electron chi connectivity index (χ2n) is 4.08. The number of halogens is 1. The van der Waals surface area contributed by atoms with Crippen LogP contribution in [0.5, 0.6) is 0 Å². The smallest absolute Gasteiger partial charge is 0.253 e. The lowest BCUT2D eigenvalue weighted by Crippen LogP contribution is -2.33. The predicted octanol–water partition coefficient (Wildman–Crippen LogP) is 2.54. The number of carbonyl (C=O) groups is 1. The van der Waals surface area contributed by atoms with Gasteiger partial charge >= 0.3 is 0 Å². The zero-order valence-corrected chi connectivity index (χ0v) is 11.0. The Morgan fingerprint density at radius 2 is 2.29 bits per heavy atom. The van der Waals surface area contributed by atoms with Gasteiger partial charge in [-0.05, 0) is 53.4 Å². The summed E-state index contributed by atoms with van der Waals surface area (Å²) in [6.07, 6.45) is 2.56. The lowest BCUT2D eigenvalue weighted by Gasteiger charge is -2.21. The van der Waals surface area contributed by atoms with E-state index in [0.29, 0.717) is 12.3 Å². The first-order chi connectivity index (χ1) is 8.16. The van der Waals surface area contributed by atoms with Crippen LogP contribution in [-0.4, -0.2) is 18.6 Å². The molecule has 1 atom stereocenters. The normalized spacial score (nSPS) is 19.9. The van der Waals surface area contributed by atoms with Crippen molar-refractivity contribution < 1.29 is 9.53 Å². The molecule has 3 N–H and O–H groups in total. The van der Waals surface area contributed by atoms with Crippen LogP contribution < -0.4 is 11.1 Å². The molecule has 0 saturated carbocycles. The van der Waals surface area contributed by atoms with Crippen molar-refractivity contribution in [2.75, 3.05) is 17.7 Å². The largest absolute Gasteiger partial charge is 0.398 e. The number of rotatable bonds is 2. The van der Waals surface area contributed by atoms with Crippen LogP contribution >= 0.6 is 15.9 Å². The molecule has 2 rings (SSSR count). The quantitative estimate of drug-likeness (QED) is 0.825. The molecule has 0 radical (unpaired) electrons.